The second-order valence-corrected chi connectivity index (χ2v) is 7.22. The summed E-state index contributed by atoms with van der Waals surface area (Å²) in [6.07, 6.45) is 1.79. The van der Waals surface area contributed by atoms with Crippen LogP contribution < -0.4 is 10.1 Å². The first-order chi connectivity index (χ1) is 15.0. The smallest absolute Gasteiger partial charge is 0.387 e. The van der Waals surface area contributed by atoms with Crippen molar-refractivity contribution in [2.45, 2.75) is 19.5 Å². The highest BCUT2D eigenvalue weighted by atomic mass is 32.2. The second kappa shape index (κ2) is 10.1. The lowest BCUT2D eigenvalue weighted by Gasteiger charge is -2.31. The van der Waals surface area contributed by atoms with Crippen LogP contribution in [0.15, 0.2) is 70.8 Å². The topological polar surface area (TPSA) is 71.3 Å². The van der Waals surface area contributed by atoms with Gasteiger partial charge in [-0.05, 0) is 24.8 Å². The van der Waals surface area contributed by atoms with Gasteiger partial charge in [0.2, 0.25) is 0 Å². The molecule has 2 aromatic rings. The molecule has 1 aliphatic rings. The van der Waals surface area contributed by atoms with Crippen LogP contribution in [0.1, 0.15) is 24.0 Å². The molecule has 0 saturated carbocycles. The minimum atomic E-state index is -3.05. The van der Waals surface area contributed by atoms with Crippen LogP contribution in [0.3, 0.4) is 0 Å². The molecule has 0 amide bonds. The molecule has 0 saturated heterocycles. The number of benzene rings is 2. The molecule has 0 aliphatic carbocycles. The standard InChI is InChI=1S/C23H20F2N2O3S/c1-3-29-22(28)19-18(15-11-7-8-12-17(15)30-23(24)25)16(13-26)21(31-2)27-20(19)14-9-5-4-6-10-14/h4-12,18,23,27H,3H2,1-2H3. The number of nitrogens with one attached hydrogen (secondary N) is 1. The number of dihydropyridines is 1. The number of nitrogens with zero attached hydrogens (tertiary/aromatic N) is 1. The van der Waals surface area contributed by atoms with Gasteiger partial charge in [0, 0.05) is 5.56 Å². The predicted octanol–water partition coefficient (Wildman–Crippen LogP) is 5.05. The fourth-order valence-corrected chi connectivity index (χ4v) is 4.03. The molecule has 0 radical (unpaired) electrons. The van der Waals surface area contributed by atoms with Crippen LogP contribution in [0.5, 0.6) is 5.75 Å². The monoisotopic (exact) mass is 442 g/mol. The van der Waals surface area contributed by atoms with Gasteiger partial charge in [0.05, 0.1) is 40.5 Å². The molecule has 0 aromatic heterocycles. The highest BCUT2D eigenvalue weighted by Crippen LogP contribution is 2.45. The van der Waals surface area contributed by atoms with Crippen LogP contribution in [0.2, 0.25) is 0 Å². The Labute approximate surface area is 183 Å². The molecule has 8 heteroatoms. The molecule has 1 aliphatic heterocycles. The van der Waals surface area contributed by atoms with E-state index in [2.05, 4.69) is 11.4 Å². The van der Waals surface area contributed by atoms with E-state index in [0.29, 0.717) is 16.3 Å². The number of allylic oxidation sites excluding steroid dienone is 1. The third-order valence-corrected chi connectivity index (χ3v) is 5.39. The Morgan fingerprint density at radius 3 is 2.48 bits per heavy atom. The SMILES string of the molecule is CCOC(=O)C1=C(c2ccccc2)NC(SC)=C(C#N)C1c1ccccc1OC(F)F. The lowest BCUT2D eigenvalue weighted by molar-refractivity contribution is -0.138. The Morgan fingerprint density at radius 2 is 1.87 bits per heavy atom. The van der Waals surface area contributed by atoms with Crippen LogP contribution in [0, 0.1) is 11.3 Å². The molecule has 1 heterocycles. The Kier molecular flexibility index (Phi) is 7.32. The summed E-state index contributed by atoms with van der Waals surface area (Å²) in [4.78, 5) is 13.1. The van der Waals surface area contributed by atoms with E-state index in [0.717, 1.165) is 0 Å². The maximum atomic E-state index is 13.1. The number of carbonyl (C=O) groups is 1. The van der Waals surface area contributed by atoms with Gasteiger partial charge in [-0.25, -0.2) is 4.79 Å². The van der Waals surface area contributed by atoms with Gasteiger partial charge in [0.25, 0.3) is 0 Å². The Balaban J connectivity index is 2.33. The van der Waals surface area contributed by atoms with E-state index in [4.69, 9.17) is 9.47 Å². The largest absolute Gasteiger partial charge is 0.463 e. The van der Waals surface area contributed by atoms with Gasteiger partial charge in [-0.2, -0.15) is 14.0 Å². The summed E-state index contributed by atoms with van der Waals surface area (Å²) >= 11 is 1.29. The van der Waals surface area contributed by atoms with Gasteiger partial charge in [-0.15, -0.1) is 11.8 Å². The van der Waals surface area contributed by atoms with E-state index >= 15 is 0 Å². The molecule has 1 atom stereocenters. The second-order valence-electron chi connectivity index (χ2n) is 6.41. The highest BCUT2D eigenvalue weighted by molar-refractivity contribution is 8.02. The fourth-order valence-electron chi connectivity index (χ4n) is 3.44. The molecule has 1 unspecified atom stereocenters. The summed E-state index contributed by atoms with van der Waals surface area (Å²) in [5.74, 6) is -1.69. The molecule has 1 N–H and O–H groups in total. The van der Waals surface area contributed by atoms with Crippen molar-refractivity contribution >= 4 is 23.4 Å². The number of halogens is 2. The molecule has 0 bridgehead atoms. The summed E-state index contributed by atoms with van der Waals surface area (Å²) in [5, 5.41) is 13.7. The van der Waals surface area contributed by atoms with Crippen LogP contribution in [0.25, 0.3) is 5.70 Å². The van der Waals surface area contributed by atoms with Crippen molar-refractivity contribution < 1.29 is 23.0 Å². The van der Waals surface area contributed by atoms with Gasteiger partial charge in [0.1, 0.15) is 5.75 Å². The summed E-state index contributed by atoms with van der Waals surface area (Å²) in [5.41, 5.74) is 1.82. The number of esters is 1. The van der Waals surface area contributed by atoms with E-state index < -0.39 is 18.5 Å². The summed E-state index contributed by atoms with van der Waals surface area (Å²) in [6.45, 7) is -1.26. The number of thioether (sulfide) groups is 1. The minimum Gasteiger partial charge on any atom is -0.463 e. The first-order valence-corrected chi connectivity index (χ1v) is 10.7. The molecule has 5 nitrogen and oxygen atoms in total. The van der Waals surface area contributed by atoms with Gasteiger partial charge >= 0.3 is 12.6 Å². The Bertz CT molecular complexity index is 1060. The molecule has 3 rings (SSSR count). The average molecular weight is 442 g/mol. The van der Waals surface area contributed by atoms with Crippen molar-refractivity contribution in [2.24, 2.45) is 0 Å². The van der Waals surface area contributed by atoms with Crippen LogP contribution in [-0.2, 0) is 9.53 Å². The van der Waals surface area contributed by atoms with E-state index in [-0.39, 0.29) is 29.1 Å². The number of para-hydroxylation sites is 1. The van der Waals surface area contributed by atoms with Crippen molar-refractivity contribution in [1.82, 2.24) is 5.32 Å². The summed E-state index contributed by atoms with van der Waals surface area (Å²) < 4.78 is 36.2. The van der Waals surface area contributed by atoms with Crippen molar-refractivity contribution in [3.63, 3.8) is 0 Å². The molecular formula is C23H20F2N2O3S. The number of alkyl halides is 2. The zero-order chi connectivity index (χ0) is 22.4. The summed E-state index contributed by atoms with van der Waals surface area (Å²) in [7, 11) is 0. The summed E-state index contributed by atoms with van der Waals surface area (Å²) in [6, 6.07) is 17.4. The van der Waals surface area contributed by atoms with Gasteiger partial charge in [-0.3, -0.25) is 0 Å². The molecule has 0 spiro atoms. The molecule has 31 heavy (non-hydrogen) atoms. The zero-order valence-electron chi connectivity index (χ0n) is 16.9. The third-order valence-electron chi connectivity index (χ3n) is 4.66. The van der Waals surface area contributed by atoms with Gasteiger partial charge in [-0.1, -0.05) is 48.5 Å². The number of carbonyl (C=O) groups excluding carboxylic acids is 1. The maximum absolute atomic E-state index is 13.1. The molecular weight excluding hydrogens is 422 g/mol. The molecule has 160 valence electrons. The normalized spacial score (nSPS) is 16.1. The average Bonchev–Trinajstić information content (AvgIpc) is 2.78. The Morgan fingerprint density at radius 1 is 1.19 bits per heavy atom. The lowest BCUT2D eigenvalue weighted by Crippen LogP contribution is -2.29. The number of hydrogen-bond donors (Lipinski definition) is 1. The van der Waals surface area contributed by atoms with Crippen LogP contribution >= 0.6 is 11.8 Å². The first kappa shape index (κ1) is 22.4. The van der Waals surface area contributed by atoms with Crippen molar-refractivity contribution in [3.8, 4) is 11.8 Å². The van der Waals surface area contributed by atoms with Crippen molar-refractivity contribution in [1.29, 1.82) is 5.26 Å². The maximum Gasteiger partial charge on any atom is 0.387 e. The quantitative estimate of drug-likeness (QED) is 0.606. The number of hydrogen-bond acceptors (Lipinski definition) is 6. The zero-order valence-corrected chi connectivity index (χ0v) is 17.7. The Hall–Kier alpha value is -3.31. The van der Waals surface area contributed by atoms with Crippen molar-refractivity contribution in [3.05, 3.63) is 81.9 Å². The third kappa shape index (κ3) is 4.72. The van der Waals surface area contributed by atoms with E-state index in [1.165, 1.54) is 17.8 Å². The highest BCUT2D eigenvalue weighted by Gasteiger charge is 2.38. The van der Waals surface area contributed by atoms with Crippen LogP contribution in [-0.4, -0.2) is 25.4 Å². The minimum absolute atomic E-state index is 0.105. The van der Waals surface area contributed by atoms with Gasteiger partial charge < -0.3 is 14.8 Å². The number of nitriles is 1. The van der Waals surface area contributed by atoms with Crippen LogP contribution in [0.4, 0.5) is 8.78 Å². The predicted molar refractivity (Wildman–Crippen MR) is 115 cm³/mol. The lowest BCUT2D eigenvalue weighted by atomic mass is 9.81. The van der Waals surface area contributed by atoms with E-state index in [9.17, 15) is 18.8 Å². The fraction of sp³-hybridized carbons (Fsp3) is 0.217. The number of ether oxygens (including phenoxy) is 2. The molecule has 2 aromatic carbocycles. The molecule has 0 fully saturated rings. The van der Waals surface area contributed by atoms with E-state index in [1.54, 1.807) is 31.4 Å². The van der Waals surface area contributed by atoms with E-state index in [1.807, 2.05) is 30.3 Å². The first-order valence-electron chi connectivity index (χ1n) is 9.47. The van der Waals surface area contributed by atoms with Gasteiger partial charge in [0.15, 0.2) is 0 Å². The number of rotatable bonds is 7. The van der Waals surface area contributed by atoms with Crippen molar-refractivity contribution in [2.75, 3.05) is 12.9 Å².